The molecule has 94 heavy (non-hydrogen) atoms. The third-order valence-electron chi connectivity index (χ3n) is 18.4. The van der Waals surface area contributed by atoms with Gasteiger partial charge in [-0.15, -0.1) is 0 Å². The number of carbonyl (C=O) groups excluding carboxylic acids is 4. The smallest absolute Gasteiger partial charge is 0.462 e. The number of hydrogen-bond acceptors (Lipinski definition) is 15. The van der Waals surface area contributed by atoms with Crippen LogP contribution in [0, 0.1) is 23.7 Å². The quantitative estimate of drug-likeness (QED) is 0.0222. The first-order valence-corrected chi connectivity index (χ1v) is 41.8. The van der Waals surface area contributed by atoms with Gasteiger partial charge in [0, 0.05) is 25.7 Å². The van der Waals surface area contributed by atoms with Crippen LogP contribution in [0.25, 0.3) is 0 Å². The average molecular weight is 1380 g/mol. The molecule has 0 saturated heterocycles. The van der Waals surface area contributed by atoms with Crippen LogP contribution in [0.4, 0.5) is 0 Å². The first-order valence-electron chi connectivity index (χ1n) is 38.8. The Balaban J connectivity index is 5.21. The van der Waals surface area contributed by atoms with Gasteiger partial charge >= 0.3 is 39.5 Å². The highest BCUT2D eigenvalue weighted by Gasteiger charge is 2.30. The Bertz CT molecular complexity index is 1860. The van der Waals surface area contributed by atoms with Crippen molar-refractivity contribution < 1.29 is 80.2 Å². The van der Waals surface area contributed by atoms with E-state index < -0.39 is 97.5 Å². The Hall–Kier alpha value is -1.94. The van der Waals surface area contributed by atoms with Crippen molar-refractivity contribution in [3.8, 4) is 0 Å². The monoisotopic (exact) mass is 1380 g/mol. The van der Waals surface area contributed by atoms with Crippen LogP contribution in [0.5, 0.6) is 0 Å². The summed E-state index contributed by atoms with van der Waals surface area (Å²) in [5, 5.41) is 10.6. The number of carbonyl (C=O) groups is 4. The number of unbranched alkanes of at least 4 members (excludes halogenated alkanes) is 35. The summed E-state index contributed by atoms with van der Waals surface area (Å²) in [5.74, 6) is 0.962. The maximum absolute atomic E-state index is 13.1. The van der Waals surface area contributed by atoms with E-state index in [0.29, 0.717) is 25.7 Å². The highest BCUT2D eigenvalue weighted by Crippen LogP contribution is 2.45. The summed E-state index contributed by atoms with van der Waals surface area (Å²) in [7, 11) is -9.91. The van der Waals surface area contributed by atoms with Gasteiger partial charge in [-0.2, -0.15) is 0 Å². The van der Waals surface area contributed by atoms with Crippen LogP contribution in [-0.4, -0.2) is 96.7 Å². The summed E-state index contributed by atoms with van der Waals surface area (Å²) in [6.07, 6.45) is 48.6. The Kier molecular flexibility index (Phi) is 63.1. The Morgan fingerprint density at radius 1 is 0.298 bits per heavy atom. The molecule has 8 atom stereocenters. The summed E-state index contributed by atoms with van der Waals surface area (Å²) in [6, 6.07) is 0. The van der Waals surface area contributed by atoms with Gasteiger partial charge in [0.15, 0.2) is 12.2 Å². The fourth-order valence-corrected chi connectivity index (χ4v) is 12.9. The second-order valence-electron chi connectivity index (χ2n) is 28.2. The summed E-state index contributed by atoms with van der Waals surface area (Å²) in [4.78, 5) is 72.7. The molecule has 0 fully saturated rings. The predicted molar refractivity (Wildman–Crippen MR) is 381 cm³/mol. The number of esters is 4. The molecule has 558 valence electrons. The van der Waals surface area contributed by atoms with Crippen LogP contribution < -0.4 is 0 Å². The highest BCUT2D eigenvalue weighted by atomic mass is 31.2. The largest absolute Gasteiger partial charge is 0.472 e. The lowest BCUT2D eigenvalue weighted by Crippen LogP contribution is -2.30. The van der Waals surface area contributed by atoms with Crippen molar-refractivity contribution in [1.29, 1.82) is 0 Å². The Morgan fingerprint density at radius 2 is 0.511 bits per heavy atom. The molecule has 0 aromatic rings. The fraction of sp³-hybridized carbons (Fsp3) is 0.947. The molecule has 19 heteroatoms. The number of aliphatic hydroxyl groups excluding tert-OH is 1. The minimum absolute atomic E-state index is 0.103. The SMILES string of the molecule is CCC(C)CCCCCCCCCCCCCCCCC(=O)O[C@H](COC(=O)CCCCCCCCC(C)CC)COP(=O)(O)OC[C@H](O)COP(=O)(O)OC[C@@H](COC(=O)CCCCCCCCCCCCCCCC(C)C)OC(=O)CCCCCCCCC(C)CC. The molecule has 0 saturated carbocycles. The van der Waals surface area contributed by atoms with E-state index in [1.165, 1.54) is 173 Å². The molecule has 0 rings (SSSR count). The first kappa shape index (κ1) is 92.1. The van der Waals surface area contributed by atoms with Crippen molar-refractivity contribution in [2.45, 2.75) is 395 Å². The van der Waals surface area contributed by atoms with E-state index in [1.54, 1.807) is 0 Å². The number of aliphatic hydroxyl groups is 1. The van der Waals surface area contributed by atoms with E-state index in [9.17, 15) is 43.2 Å². The number of hydrogen-bond donors (Lipinski definition) is 3. The summed E-state index contributed by atoms with van der Waals surface area (Å²) >= 11 is 0. The third kappa shape index (κ3) is 64.7. The van der Waals surface area contributed by atoms with Gasteiger partial charge in [-0.3, -0.25) is 37.3 Å². The molecule has 0 amide bonds. The van der Waals surface area contributed by atoms with Gasteiger partial charge in [0.25, 0.3) is 0 Å². The first-order chi connectivity index (χ1) is 45.2. The number of phosphoric acid groups is 2. The molecule has 0 spiro atoms. The predicted octanol–water partition coefficient (Wildman–Crippen LogP) is 21.7. The minimum Gasteiger partial charge on any atom is -0.462 e. The van der Waals surface area contributed by atoms with E-state index in [4.69, 9.17) is 37.0 Å². The maximum Gasteiger partial charge on any atom is 0.472 e. The molecule has 5 unspecified atom stereocenters. The maximum atomic E-state index is 13.1. The van der Waals surface area contributed by atoms with Gasteiger partial charge in [0.05, 0.1) is 26.4 Å². The van der Waals surface area contributed by atoms with Gasteiger partial charge in [-0.25, -0.2) is 9.13 Å². The molecule has 0 radical (unpaired) electrons. The molecule has 0 aliphatic rings. The topological polar surface area (TPSA) is 237 Å². The fourth-order valence-electron chi connectivity index (χ4n) is 11.3. The van der Waals surface area contributed by atoms with Crippen LogP contribution in [-0.2, 0) is 65.4 Å². The van der Waals surface area contributed by atoms with Crippen molar-refractivity contribution in [3.05, 3.63) is 0 Å². The Morgan fingerprint density at radius 3 is 0.755 bits per heavy atom. The van der Waals surface area contributed by atoms with Crippen LogP contribution in [0.1, 0.15) is 376 Å². The lowest BCUT2D eigenvalue weighted by atomic mass is 9.99. The van der Waals surface area contributed by atoms with E-state index in [2.05, 4.69) is 55.4 Å². The lowest BCUT2D eigenvalue weighted by Gasteiger charge is -2.21. The van der Waals surface area contributed by atoms with E-state index >= 15 is 0 Å². The lowest BCUT2D eigenvalue weighted by molar-refractivity contribution is -0.161. The zero-order valence-corrected chi connectivity index (χ0v) is 63.4. The van der Waals surface area contributed by atoms with Crippen molar-refractivity contribution >= 4 is 39.5 Å². The zero-order valence-electron chi connectivity index (χ0n) is 61.6. The van der Waals surface area contributed by atoms with Gasteiger partial charge < -0.3 is 33.8 Å². The summed E-state index contributed by atoms with van der Waals surface area (Å²) < 4.78 is 68.4. The van der Waals surface area contributed by atoms with Crippen molar-refractivity contribution in [1.82, 2.24) is 0 Å². The number of ether oxygens (including phenoxy) is 4. The second-order valence-corrected chi connectivity index (χ2v) is 31.1. The molecule has 0 heterocycles. The standard InChI is InChI=1S/C75H146O17P2/c1-9-66(6)52-44-36-28-24-20-16-12-13-17-22-26-30-41-49-57-74(79)91-70(62-86-73(78)56-48-40-33-31-37-45-53-67(7)10-2)63-89-93(81,82)87-59-69(76)60-88-94(83,84)90-64-71(92-75(80)58-50-42-34-32-38-46-54-68(8)11-3)61-85-72(77)55-47-39-29-25-21-18-14-15-19-23-27-35-43-51-65(4)5/h65-71,76H,9-64H2,1-8H3,(H,81,82)(H,83,84)/t66?,67?,68?,69-,70+,71+/m0/s1. The average Bonchev–Trinajstić information content (AvgIpc) is 1.77. The van der Waals surface area contributed by atoms with Crippen LogP contribution in [0.2, 0.25) is 0 Å². The van der Waals surface area contributed by atoms with E-state index in [0.717, 1.165) is 120 Å². The van der Waals surface area contributed by atoms with Gasteiger partial charge in [-0.05, 0) is 49.4 Å². The Labute approximate surface area is 575 Å². The van der Waals surface area contributed by atoms with Crippen molar-refractivity contribution in [3.63, 3.8) is 0 Å². The summed E-state index contributed by atoms with van der Waals surface area (Å²) in [6.45, 7) is 14.2. The zero-order chi connectivity index (χ0) is 69.6. The van der Waals surface area contributed by atoms with Crippen molar-refractivity contribution in [2.24, 2.45) is 23.7 Å². The molecule has 0 aromatic heterocycles. The minimum atomic E-state index is -4.96. The number of phosphoric ester groups is 2. The molecule has 3 N–H and O–H groups in total. The third-order valence-corrected chi connectivity index (χ3v) is 20.3. The molecule has 0 bridgehead atoms. The van der Waals surface area contributed by atoms with Gasteiger partial charge in [0.2, 0.25) is 0 Å². The van der Waals surface area contributed by atoms with E-state index in [1.807, 2.05) is 0 Å². The highest BCUT2D eigenvalue weighted by molar-refractivity contribution is 7.47. The molecule has 0 aromatic carbocycles. The van der Waals surface area contributed by atoms with Crippen LogP contribution >= 0.6 is 15.6 Å². The molecular weight excluding hydrogens is 1230 g/mol. The number of rotatable bonds is 72. The molecule has 17 nitrogen and oxygen atoms in total. The van der Waals surface area contributed by atoms with Crippen LogP contribution in [0.3, 0.4) is 0 Å². The van der Waals surface area contributed by atoms with E-state index in [-0.39, 0.29) is 25.7 Å². The molecule has 0 aliphatic carbocycles. The summed E-state index contributed by atoms with van der Waals surface area (Å²) in [5.41, 5.74) is 0. The van der Waals surface area contributed by atoms with Gasteiger partial charge in [-0.1, -0.05) is 325 Å². The van der Waals surface area contributed by atoms with Crippen molar-refractivity contribution in [2.75, 3.05) is 39.6 Å². The normalized spacial score (nSPS) is 15.0. The van der Waals surface area contributed by atoms with Gasteiger partial charge in [0.1, 0.15) is 19.3 Å². The van der Waals surface area contributed by atoms with Crippen LogP contribution in [0.15, 0.2) is 0 Å². The second kappa shape index (κ2) is 64.4. The molecule has 0 aliphatic heterocycles. The molecular formula is C75H146O17P2.